The molecule has 0 saturated carbocycles. The van der Waals surface area contributed by atoms with Gasteiger partial charge in [-0.15, -0.1) is 12.4 Å². The van der Waals surface area contributed by atoms with E-state index in [9.17, 15) is 0 Å². The van der Waals surface area contributed by atoms with Gasteiger partial charge in [0, 0.05) is 0 Å². The average molecular weight is 269 g/mol. The first kappa shape index (κ1) is 30.1. The van der Waals surface area contributed by atoms with Crippen LogP contribution in [-0.4, -0.2) is 91.5 Å². The SMILES string of the molecule is Cl.O.O=S(=O)(O)O.[MgH2].[SrH2]. The number of hydrogen-bond acceptors (Lipinski definition) is 2. The van der Waals surface area contributed by atoms with Crippen molar-refractivity contribution in [3.05, 3.63) is 0 Å². The van der Waals surface area contributed by atoms with E-state index in [2.05, 4.69) is 0 Å². The van der Waals surface area contributed by atoms with Crippen molar-refractivity contribution in [1.82, 2.24) is 0 Å². The van der Waals surface area contributed by atoms with Crippen molar-refractivity contribution in [3.8, 4) is 0 Å². The van der Waals surface area contributed by atoms with Crippen LogP contribution in [0, 0.1) is 0 Å². The summed E-state index contributed by atoms with van der Waals surface area (Å²) < 4.78 is 31.6. The van der Waals surface area contributed by atoms with Gasteiger partial charge in [0.2, 0.25) is 0 Å². The van der Waals surface area contributed by atoms with E-state index in [-0.39, 0.29) is 86.4 Å². The maximum atomic E-state index is 8.74. The summed E-state index contributed by atoms with van der Waals surface area (Å²) in [4.78, 5) is 0. The van der Waals surface area contributed by atoms with E-state index in [1.54, 1.807) is 0 Å². The van der Waals surface area contributed by atoms with Gasteiger partial charge < -0.3 is 5.48 Å². The molecule has 0 aromatic rings. The maximum absolute atomic E-state index is 8.74. The summed E-state index contributed by atoms with van der Waals surface area (Å²) in [5, 5.41) is 0. The molecule has 0 bridgehead atoms. The second kappa shape index (κ2) is 13.0. The zero-order valence-corrected chi connectivity index (χ0v) is 4.66. The molecule has 0 heterocycles. The molecule has 5 nitrogen and oxygen atoms in total. The summed E-state index contributed by atoms with van der Waals surface area (Å²) in [5.74, 6) is 0. The quantitative estimate of drug-likeness (QED) is 0.363. The molecule has 0 radical (unpaired) electrons. The summed E-state index contributed by atoms with van der Waals surface area (Å²) in [6.45, 7) is 0. The molecule has 9 heteroatoms. The van der Waals surface area contributed by atoms with Crippen LogP contribution in [0.2, 0.25) is 0 Å². The zero-order chi connectivity index (χ0) is 4.50. The molecule has 56 valence electrons. The molecule has 0 saturated heterocycles. The number of halogens is 1. The van der Waals surface area contributed by atoms with Gasteiger partial charge in [-0.2, -0.15) is 8.42 Å². The van der Waals surface area contributed by atoms with Gasteiger partial charge in [0.15, 0.2) is 0 Å². The molecule has 0 rings (SSSR count). The molecule has 0 aromatic carbocycles. The molecule has 0 spiro atoms. The van der Waals surface area contributed by atoms with Crippen LogP contribution in [0.4, 0.5) is 0 Å². The minimum atomic E-state index is -4.67. The van der Waals surface area contributed by atoms with Crippen LogP contribution in [0.25, 0.3) is 0 Å². The first-order chi connectivity index (χ1) is 2.00. The number of rotatable bonds is 0. The Hall–Kier alpha value is 2.37. The zero-order valence-electron chi connectivity index (χ0n) is 3.03. The standard InChI is InChI=1S/ClH.Mg.H2O4S.H2O.Sr.4H/c;;1-5(2,3)4;;;;;;/h1H;;(H2,1,2,3,4);1H2;;;;;. The van der Waals surface area contributed by atoms with Crippen LogP contribution < -0.4 is 0 Å². The third kappa shape index (κ3) is 130. The van der Waals surface area contributed by atoms with E-state index >= 15 is 0 Å². The van der Waals surface area contributed by atoms with Crippen LogP contribution in [0.3, 0.4) is 0 Å². The topological polar surface area (TPSA) is 106 Å². The average Bonchev–Trinajstić information content (AvgIpc) is 0.722. The number of hydrogen-bond donors (Lipinski definition) is 2. The van der Waals surface area contributed by atoms with Crippen LogP contribution >= 0.6 is 12.4 Å². The Labute approximate surface area is 112 Å². The molecular formula is H9ClMgO5SSr. The molecule has 0 aromatic heterocycles. The van der Waals surface area contributed by atoms with Gasteiger partial charge in [0.1, 0.15) is 0 Å². The van der Waals surface area contributed by atoms with Gasteiger partial charge >= 0.3 is 78.9 Å². The molecule has 0 unspecified atom stereocenters. The minimum absolute atomic E-state index is 0. The Morgan fingerprint density at radius 1 is 1.11 bits per heavy atom. The summed E-state index contributed by atoms with van der Waals surface area (Å²) >= 11 is 0. The Balaban J connectivity index is -0.0000000133. The second-order valence-electron chi connectivity index (χ2n) is 0.448. The third-order valence-electron chi connectivity index (χ3n) is 0. The van der Waals surface area contributed by atoms with E-state index in [1.807, 2.05) is 0 Å². The summed E-state index contributed by atoms with van der Waals surface area (Å²) in [6.07, 6.45) is 0. The normalized spacial score (nSPS) is 6.44. The van der Waals surface area contributed by atoms with Crippen molar-refractivity contribution in [1.29, 1.82) is 0 Å². The van der Waals surface area contributed by atoms with Gasteiger partial charge in [-0.1, -0.05) is 0 Å². The summed E-state index contributed by atoms with van der Waals surface area (Å²) in [5.41, 5.74) is 0. The predicted molar refractivity (Wildman–Crippen MR) is 42.1 cm³/mol. The van der Waals surface area contributed by atoms with E-state index in [0.717, 1.165) is 0 Å². The van der Waals surface area contributed by atoms with Crippen LogP contribution in [0.5, 0.6) is 0 Å². The molecular weight excluding hydrogens is 259 g/mol. The fourth-order valence-corrected chi connectivity index (χ4v) is 0. The van der Waals surface area contributed by atoms with Crippen molar-refractivity contribution in [2.75, 3.05) is 0 Å². The van der Waals surface area contributed by atoms with Gasteiger partial charge in [0.05, 0.1) is 0 Å². The van der Waals surface area contributed by atoms with E-state index < -0.39 is 10.4 Å². The molecule has 0 amide bonds. The molecule has 0 aliphatic carbocycles. The Bertz CT molecular complexity index is 100. The van der Waals surface area contributed by atoms with Crippen molar-refractivity contribution >= 4 is 91.3 Å². The molecule has 0 aliphatic rings. The van der Waals surface area contributed by atoms with Gasteiger partial charge in [0.25, 0.3) is 0 Å². The van der Waals surface area contributed by atoms with Crippen molar-refractivity contribution in [2.45, 2.75) is 0 Å². The fourth-order valence-electron chi connectivity index (χ4n) is 0. The first-order valence-electron chi connectivity index (χ1n) is 0.698. The summed E-state index contributed by atoms with van der Waals surface area (Å²) in [7, 11) is -4.67. The first-order valence-corrected chi connectivity index (χ1v) is 2.10. The van der Waals surface area contributed by atoms with Crippen LogP contribution in [-0.2, 0) is 10.4 Å². The second-order valence-corrected chi connectivity index (χ2v) is 1.34. The monoisotopic (exact) mass is 268 g/mol. The van der Waals surface area contributed by atoms with Gasteiger partial charge in [-0.3, -0.25) is 9.11 Å². The summed E-state index contributed by atoms with van der Waals surface area (Å²) in [6, 6.07) is 0. The molecule has 0 atom stereocenters. The molecule has 0 aliphatic heterocycles. The molecule has 9 heavy (non-hydrogen) atoms. The third-order valence-corrected chi connectivity index (χ3v) is 0. The fraction of sp³-hybridized carbons (Fsp3) is 0. The van der Waals surface area contributed by atoms with Gasteiger partial charge in [-0.05, 0) is 0 Å². The van der Waals surface area contributed by atoms with Crippen molar-refractivity contribution < 1.29 is 23.0 Å². The van der Waals surface area contributed by atoms with Crippen molar-refractivity contribution in [3.63, 3.8) is 0 Å². The van der Waals surface area contributed by atoms with Crippen molar-refractivity contribution in [2.24, 2.45) is 0 Å². The Morgan fingerprint density at radius 2 is 1.11 bits per heavy atom. The Morgan fingerprint density at radius 3 is 1.11 bits per heavy atom. The molecule has 4 N–H and O–H groups in total. The predicted octanol–water partition coefficient (Wildman–Crippen LogP) is -2.89. The van der Waals surface area contributed by atoms with E-state index in [1.165, 1.54) is 0 Å². The van der Waals surface area contributed by atoms with Gasteiger partial charge in [-0.25, -0.2) is 0 Å². The van der Waals surface area contributed by atoms with Crippen LogP contribution in [0.1, 0.15) is 0 Å². The van der Waals surface area contributed by atoms with E-state index in [0.29, 0.717) is 0 Å². The molecule has 0 fully saturated rings. The Kier molecular flexibility index (Phi) is 43.5. The van der Waals surface area contributed by atoms with E-state index in [4.69, 9.17) is 17.5 Å². The van der Waals surface area contributed by atoms with Crippen LogP contribution in [0.15, 0.2) is 0 Å².